The second kappa shape index (κ2) is 7.20. The highest BCUT2D eigenvalue weighted by Crippen LogP contribution is 2.25. The molecule has 1 unspecified atom stereocenters. The monoisotopic (exact) mass is 357 g/mol. The fraction of sp³-hybridized carbons (Fsp3) is 0.333. The fourth-order valence-electron chi connectivity index (χ4n) is 1.95. The zero-order valence-electron chi connectivity index (χ0n) is 11.5. The highest BCUT2D eigenvalue weighted by atomic mass is 79.9. The molecule has 0 amide bonds. The summed E-state index contributed by atoms with van der Waals surface area (Å²) in [4.78, 5) is 1.10. The van der Waals surface area contributed by atoms with Crippen molar-refractivity contribution in [3.8, 4) is 5.75 Å². The zero-order chi connectivity index (χ0) is 14.5. The minimum atomic E-state index is -0.233. The fourth-order valence-corrected chi connectivity index (χ4v) is 3.35. The van der Waals surface area contributed by atoms with Crippen LogP contribution in [0.1, 0.15) is 30.3 Å². The normalized spacial score (nSPS) is 12.4. The Morgan fingerprint density at radius 1 is 1.35 bits per heavy atom. The van der Waals surface area contributed by atoms with Gasteiger partial charge in [-0.1, -0.05) is 13.0 Å². The molecule has 0 fully saturated rings. The van der Waals surface area contributed by atoms with Crippen molar-refractivity contribution in [1.82, 2.24) is 5.32 Å². The molecule has 20 heavy (non-hydrogen) atoms. The van der Waals surface area contributed by atoms with Crippen LogP contribution >= 0.6 is 27.3 Å². The van der Waals surface area contributed by atoms with Gasteiger partial charge in [-0.3, -0.25) is 0 Å². The first-order valence-corrected chi connectivity index (χ1v) is 8.11. The molecule has 0 saturated carbocycles. The molecule has 1 aromatic carbocycles. The number of nitrogens with one attached hydrogen (secondary N) is 1. The zero-order valence-corrected chi connectivity index (χ0v) is 13.9. The summed E-state index contributed by atoms with van der Waals surface area (Å²) in [7, 11) is 0. The average Bonchev–Trinajstić information content (AvgIpc) is 2.82. The van der Waals surface area contributed by atoms with Crippen LogP contribution in [-0.2, 0) is 6.61 Å². The molecule has 1 N–H and O–H groups in total. The maximum absolute atomic E-state index is 14.0. The second-order valence-electron chi connectivity index (χ2n) is 4.46. The van der Waals surface area contributed by atoms with E-state index in [1.807, 2.05) is 32.0 Å². The number of thiophene rings is 1. The topological polar surface area (TPSA) is 21.3 Å². The molecule has 0 aliphatic carbocycles. The van der Waals surface area contributed by atoms with Gasteiger partial charge in [0.25, 0.3) is 0 Å². The van der Waals surface area contributed by atoms with Crippen molar-refractivity contribution in [2.75, 3.05) is 6.54 Å². The molecule has 1 atom stereocenters. The van der Waals surface area contributed by atoms with Gasteiger partial charge in [0, 0.05) is 22.5 Å². The van der Waals surface area contributed by atoms with E-state index in [-0.39, 0.29) is 11.9 Å². The summed E-state index contributed by atoms with van der Waals surface area (Å²) in [5, 5.41) is 3.20. The van der Waals surface area contributed by atoms with E-state index in [1.165, 1.54) is 6.07 Å². The highest BCUT2D eigenvalue weighted by Gasteiger charge is 2.11. The van der Waals surface area contributed by atoms with Gasteiger partial charge >= 0.3 is 0 Å². The molecule has 0 radical (unpaired) electrons. The standard InChI is InChI=1S/C15H17BrFNOS/c1-3-18-10(2)13-6-4-11(8-14(13)17)19-9-12-5-7-15(16)20-12/h4-8,10,18H,3,9H2,1-2H3. The largest absolute Gasteiger partial charge is 0.488 e. The summed E-state index contributed by atoms with van der Waals surface area (Å²) in [6.07, 6.45) is 0. The van der Waals surface area contributed by atoms with Crippen LogP contribution in [0, 0.1) is 5.82 Å². The lowest BCUT2D eigenvalue weighted by molar-refractivity contribution is 0.307. The number of benzene rings is 1. The smallest absolute Gasteiger partial charge is 0.131 e. The van der Waals surface area contributed by atoms with Crippen molar-refractivity contribution < 1.29 is 9.13 Å². The van der Waals surface area contributed by atoms with Gasteiger partial charge in [0.2, 0.25) is 0 Å². The molecular formula is C15H17BrFNOS. The highest BCUT2D eigenvalue weighted by molar-refractivity contribution is 9.11. The maximum Gasteiger partial charge on any atom is 0.131 e. The van der Waals surface area contributed by atoms with Gasteiger partial charge in [-0.15, -0.1) is 11.3 Å². The predicted octanol–water partition coefficient (Wildman–Crippen LogP) is 4.90. The SMILES string of the molecule is CCNC(C)c1ccc(OCc2ccc(Br)s2)cc1F. The van der Waals surface area contributed by atoms with Crippen LogP contribution in [0.25, 0.3) is 0 Å². The summed E-state index contributed by atoms with van der Waals surface area (Å²) >= 11 is 5.02. The molecule has 0 bridgehead atoms. The minimum Gasteiger partial charge on any atom is -0.488 e. The number of hydrogen-bond donors (Lipinski definition) is 1. The average molecular weight is 358 g/mol. The second-order valence-corrected chi connectivity index (χ2v) is 7.00. The molecule has 2 aromatic rings. The van der Waals surface area contributed by atoms with Crippen LogP contribution in [-0.4, -0.2) is 6.54 Å². The Morgan fingerprint density at radius 3 is 2.75 bits per heavy atom. The Kier molecular flexibility index (Phi) is 5.57. The van der Waals surface area contributed by atoms with Crippen molar-refractivity contribution in [2.24, 2.45) is 0 Å². The maximum atomic E-state index is 14.0. The Hall–Kier alpha value is -0.910. The van der Waals surface area contributed by atoms with E-state index in [1.54, 1.807) is 17.4 Å². The van der Waals surface area contributed by atoms with Crippen molar-refractivity contribution in [3.63, 3.8) is 0 Å². The third kappa shape index (κ3) is 4.04. The number of hydrogen-bond acceptors (Lipinski definition) is 3. The van der Waals surface area contributed by atoms with E-state index in [2.05, 4.69) is 21.2 Å². The van der Waals surface area contributed by atoms with Gasteiger partial charge in [-0.05, 0) is 47.6 Å². The van der Waals surface area contributed by atoms with Crippen LogP contribution in [0.3, 0.4) is 0 Å². The Balaban J connectivity index is 2.01. The minimum absolute atomic E-state index is 0.00213. The van der Waals surface area contributed by atoms with Crippen LogP contribution in [0.15, 0.2) is 34.1 Å². The lowest BCUT2D eigenvalue weighted by Crippen LogP contribution is -2.18. The molecule has 2 nitrogen and oxygen atoms in total. The lowest BCUT2D eigenvalue weighted by Gasteiger charge is -2.14. The van der Waals surface area contributed by atoms with Gasteiger partial charge < -0.3 is 10.1 Å². The van der Waals surface area contributed by atoms with Gasteiger partial charge in [0.1, 0.15) is 18.2 Å². The first kappa shape index (κ1) is 15.5. The summed E-state index contributed by atoms with van der Waals surface area (Å²) in [5.41, 5.74) is 0.665. The Bertz CT molecular complexity index is 573. The van der Waals surface area contributed by atoms with Crippen LogP contribution in [0.2, 0.25) is 0 Å². The van der Waals surface area contributed by atoms with E-state index < -0.39 is 0 Å². The molecule has 0 saturated heterocycles. The molecule has 1 aromatic heterocycles. The summed E-state index contributed by atoms with van der Waals surface area (Å²) in [6.45, 7) is 5.22. The number of ether oxygens (including phenoxy) is 1. The van der Waals surface area contributed by atoms with E-state index in [0.29, 0.717) is 17.9 Å². The summed E-state index contributed by atoms with van der Waals surface area (Å²) in [6, 6.07) is 9.02. The molecule has 5 heteroatoms. The molecular weight excluding hydrogens is 341 g/mol. The molecule has 2 rings (SSSR count). The summed E-state index contributed by atoms with van der Waals surface area (Å²) in [5.74, 6) is 0.322. The molecule has 0 spiro atoms. The first-order valence-electron chi connectivity index (χ1n) is 6.50. The van der Waals surface area contributed by atoms with E-state index in [9.17, 15) is 4.39 Å². The number of halogens is 2. The van der Waals surface area contributed by atoms with Crippen molar-refractivity contribution >= 4 is 27.3 Å². The third-order valence-corrected chi connectivity index (χ3v) is 4.56. The van der Waals surface area contributed by atoms with Crippen LogP contribution in [0.4, 0.5) is 4.39 Å². The third-order valence-electron chi connectivity index (χ3n) is 2.96. The van der Waals surface area contributed by atoms with E-state index in [0.717, 1.165) is 15.2 Å². The predicted molar refractivity (Wildman–Crippen MR) is 84.8 cm³/mol. The van der Waals surface area contributed by atoms with Gasteiger partial charge in [-0.2, -0.15) is 0 Å². The van der Waals surface area contributed by atoms with Crippen molar-refractivity contribution in [2.45, 2.75) is 26.5 Å². The first-order chi connectivity index (χ1) is 9.60. The Labute approximate surface area is 131 Å². The van der Waals surface area contributed by atoms with Crippen LogP contribution in [0.5, 0.6) is 5.75 Å². The van der Waals surface area contributed by atoms with Crippen molar-refractivity contribution in [1.29, 1.82) is 0 Å². The Morgan fingerprint density at radius 2 is 2.15 bits per heavy atom. The molecule has 1 heterocycles. The number of rotatable bonds is 6. The van der Waals surface area contributed by atoms with Gasteiger partial charge in [0.05, 0.1) is 3.79 Å². The van der Waals surface area contributed by atoms with Gasteiger partial charge in [0.15, 0.2) is 0 Å². The molecule has 0 aliphatic heterocycles. The van der Waals surface area contributed by atoms with Gasteiger partial charge in [-0.25, -0.2) is 4.39 Å². The van der Waals surface area contributed by atoms with Crippen molar-refractivity contribution in [3.05, 3.63) is 50.4 Å². The van der Waals surface area contributed by atoms with E-state index >= 15 is 0 Å². The molecule has 0 aliphatic rings. The van der Waals surface area contributed by atoms with E-state index in [4.69, 9.17) is 4.74 Å². The van der Waals surface area contributed by atoms with Crippen LogP contribution < -0.4 is 10.1 Å². The molecule has 108 valence electrons. The summed E-state index contributed by atoms with van der Waals surface area (Å²) < 4.78 is 20.7. The lowest BCUT2D eigenvalue weighted by atomic mass is 10.1. The quantitative estimate of drug-likeness (QED) is 0.793.